The maximum absolute atomic E-state index is 11.7. The molecule has 3 N–H and O–H groups in total. The number of carbonyl (C=O) groups is 1. The predicted octanol–water partition coefficient (Wildman–Crippen LogP) is 0.871. The van der Waals surface area contributed by atoms with Crippen molar-refractivity contribution in [3.8, 4) is 0 Å². The SMILES string of the molecule is CC(C)(C)OC(=O)N[C@H](Cc1ccccn1)[C@H](O)CO. The molecule has 1 amide bonds. The van der Waals surface area contributed by atoms with Crippen LogP contribution in [0.1, 0.15) is 26.5 Å². The van der Waals surface area contributed by atoms with Crippen LogP contribution in [0.15, 0.2) is 24.4 Å². The highest BCUT2D eigenvalue weighted by atomic mass is 16.6. The first-order chi connectivity index (χ1) is 9.31. The van der Waals surface area contributed by atoms with Gasteiger partial charge in [0.15, 0.2) is 0 Å². The van der Waals surface area contributed by atoms with Crippen LogP contribution >= 0.6 is 0 Å². The third-order valence-electron chi connectivity index (χ3n) is 2.51. The van der Waals surface area contributed by atoms with E-state index in [2.05, 4.69) is 10.3 Å². The molecule has 0 aliphatic heterocycles. The van der Waals surface area contributed by atoms with E-state index in [1.54, 1.807) is 39.1 Å². The minimum Gasteiger partial charge on any atom is -0.444 e. The van der Waals surface area contributed by atoms with Gasteiger partial charge in [-0.05, 0) is 32.9 Å². The fourth-order valence-corrected chi connectivity index (χ4v) is 1.61. The van der Waals surface area contributed by atoms with Gasteiger partial charge in [0.05, 0.1) is 18.8 Å². The number of amides is 1. The smallest absolute Gasteiger partial charge is 0.407 e. The van der Waals surface area contributed by atoms with Crippen LogP contribution in [-0.2, 0) is 11.2 Å². The van der Waals surface area contributed by atoms with Gasteiger partial charge in [-0.3, -0.25) is 4.98 Å². The number of aliphatic hydroxyl groups is 2. The van der Waals surface area contributed by atoms with Crippen LogP contribution in [0.4, 0.5) is 4.79 Å². The van der Waals surface area contributed by atoms with Crippen molar-refractivity contribution < 1.29 is 19.7 Å². The van der Waals surface area contributed by atoms with Crippen LogP contribution < -0.4 is 5.32 Å². The monoisotopic (exact) mass is 282 g/mol. The normalized spacial score (nSPS) is 14.4. The Bertz CT molecular complexity index is 417. The lowest BCUT2D eigenvalue weighted by Crippen LogP contribution is -2.48. The Kier molecular flexibility index (Phi) is 5.91. The summed E-state index contributed by atoms with van der Waals surface area (Å²) >= 11 is 0. The average Bonchev–Trinajstić information content (AvgIpc) is 2.36. The zero-order valence-corrected chi connectivity index (χ0v) is 12.0. The van der Waals surface area contributed by atoms with Gasteiger partial charge in [0.25, 0.3) is 0 Å². The van der Waals surface area contributed by atoms with Gasteiger partial charge in [-0.1, -0.05) is 6.07 Å². The number of nitrogens with zero attached hydrogens (tertiary/aromatic N) is 1. The molecule has 6 heteroatoms. The van der Waals surface area contributed by atoms with Crippen molar-refractivity contribution in [2.75, 3.05) is 6.61 Å². The molecule has 0 aliphatic rings. The molecule has 1 heterocycles. The molecule has 0 bridgehead atoms. The van der Waals surface area contributed by atoms with Gasteiger partial charge >= 0.3 is 6.09 Å². The van der Waals surface area contributed by atoms with Crippen molar-refractivity contribution in [1.29, 1.82) is 0 Å². The fraction of sp³-hybridized carbons (Fsp3) is 0.571. The summed E-state index contributed by atoms with van der Waals surface area (Å²) in [6, 6.07) is 4.72. The fourth-order valence-electron chi connectivity index (χ4n) is 1.61. The molecule has 112 valence electrons. The zero-order valence-electron chi connectivity index (χ0n) is 12.0. The lowest BCUT2D eigenvalue weighted by molar-refractivity contribution is 0.0319. The minimum atomic E-state index is -1.08. The molecule has 0 unspecified atom stereocenters. The zero-order chi connectivity index (χ0) is 15.2. The number of nitrogens with one attached hydrogen (secondary N) is 1. The summed E-state index contributed by atoms with van der Waals surface area (Å²) in [6.45, 7) is 4.81. The van der Waals surface area contributed by atoms with E-state index in [0.717, 1.165) is 0 Å². The third-order valence-corrected chi connectivity index (χ3v) is 2.51. The molecule has 0 saturated heterocycles. The maximum Gasteiger partial charge on any atom is 0.407 e. The Morgan fingerprint density at radius 1 is 1.45 bits per heavy atom. The number of aliphatic hydroxyl groups excluding tert-OH is 2. The van der Waals surface area contributed by atoms with E-state index in [4.69, 9.17) is 9.84 Å². The molecular formula is C14H22N2O4. The highest BCUT2D eigenvalue weighted by Crippen LogP contribution is 2.09. The molecule has 20 heavy (non-hydrogen) atoms. The third kappa shape index (κ3) is 5.99. The summed E-state index contributed by atoms with van der Waals surface area (Å²) in [4.78, 5) is 15.9. The van der Waals surface area contributed by atoms with Crippen LogP contribution in [0.25, 0.3) is 0 Å². The van der Waals surface area contributed by atoms with E-state index in [1.165, 1.54) is 0 Å². The van der Waals surface area contributed by atoms with Gasteiger partial charge in [-0.2, -0.15) is 0 Å². The van der Waals surface area contributed by atoms with E-state index >= 15 is 0 Å². The summed E-state index contributed by atoms with van der Waals surface area (Å²) in [5.74, 6) is 0. The van der Waals surface area contributed by atoms with Crippen molar-refractivity contribution in [2.45, 2.75) is 44.9 Å². The van der Waals surface area contributed by atoms with Crippen molar-refractivity contribution in [1.82, 2.24) is 10.3 Å². The molecular weight excluding hydrogens is 260 g/mol. The number of rotatable bonds is 5. The molecule has 0 aliphatic carbocycles. The number of pyridine rings is 1. The Morgan fingerprint density at radius 3 is 2.65 bits per heavy atom. The molecule has 0 spiro atoms. The van der Waals surface area contributed by atoms with E-state index in [9.17, 15) is 9.90 Å². The number of hydrogen-bond donors (Lipinski definition) is 3. The van der Waals surface area contributed by atoms with Crippen molar-refractivity contribution in [3.63, 3.8) is 0 Å². The number of aromatic nitrogens is 1. The van der Waals surface area contributed by atoms with E-state index in [0.29, 0.717) is 12.1 Å². The predicted molar refractivity (Wildman–Crippen MR) is 74.2 cm³/mol. The Morgan fingerprint density at radius 2 is 2.15 bits per heavy atom. The second kappa shape index (κ2) is 7.21. The standard InChI is InChI=1S/C14H22N2O4/c1-14(2,3)20-13(19)16-11(12(18)9-17)8-10-6-4-5-7-15-10/h4-7,11-12,17-18H,8-9H2,1-3H3,(H,16,19)/t11-,12-/m1/s1. The number of alkyl carbamates (subject to hydrolysis) is 1. The topological polar surface area (TPSA) is 91.7 Å². The largest absolute Gasteiger partial charge is 0.444 e. The molecule has 1 rings (SSSR count). The summed E-state index contributed by atoms with van der Waals surface area (Å²) < 4.78 is 5.14. The van der Waals surface area contributed by atoms with Gasteiger partial charge in [-0.15, -0.1) is 0 Å². The summed E-state index contributed by atoms with van der Waals surface area (Å²) in [5.41, 5.74) is 0.0881. The van der Waals surface area contributed by atoms with E-state index < -0.39 is 30.4 Å². The van der Waals surface area contributed by atoms with Gasteiger partial charge in [0.2, 0.25) is 0 Å². The van der Waals surface area contributed by atoms with Crippen LogP contribution in [0.5, 0.6) is 0 Å². The second-order valence-electron chi connectivity index (χ2n) is 5.53. The Balaban J connectivity index is 2.68. The number of hydrogen-bond acceptors (Lipinski definition) is 5. The van der Waals surface area contributed by atoms with Crippen LogP contribution in [-0.4, -0.2) is 45.6 Å². The van der Waals surface area contributed by atoms with Crippen molar-refractivity contribution in [2.24, 2.45) is 0 Å². The molecule has 0 radical (unpaired) electrons. The summed E-state index contributed by atoms with van der Waals surface area (Å²) in [7, 11) is 0. The van der Waals surface area contributed by atoms with Crippen LogP contribution in [0, 0.1) is 0 Å². The molecule has 0 fully saturated rings. The quantitative estimate of drug-likeness (QED) is 0.745. The number of ether oxygens (including phenoxy) is 1. The summed E-state index contributed by atoms with van der Waals surface area (Å²) in [6.07, 6.45) is 0.225. The molecule has 2 atom stereocenters. The lowest BCUT2D eigenvalue weighted by atomic mass is 10.1. The maximum atomic E-state index is 11.7. The van der Waals surface area contributed by atoms with E-state index in [-0.39, 0.29) is 0 Å². The first-order valence-corrected chi connectivity index (χ1v) is 6.50. The summed E-state index contributed by atoms with van der Waals surface area (Å²) in [5, 5.41) is 21.4. The molecule has 1 aromatic rings. The van der Waals surface area contributed by atoms with Gasteiger partial charge in [0.1, 0.15) is 5.60 Å². The number of carbonyl (C=O) groups excluding carboxylic acids is 1. The molecule has 1 aromatic heterocycles. The van der Waals surface area contributed by atoms with Gasteiger partial charge in [0, 0.05) is 18.3 Å². The van der Waals surface area contributed by atoms with Gasteiger partial charge in [-0.25, -0.2) is 4.79 Å². The van der Waals surface area contributed by atoms with Gasteiger partial charge < -0.3 is 20.3 Å². The average molecular weight is 282 g/mol. The molecule has 0 saturated carbocycles. The molecule has 0 aromatic carbocycles. The Labute approximate surface area is 118 Å². The minimum absolute atomic E-state index is 0.307. The highest BCUT2D eigenvalue weighted by molar-refractivity contribution is 5.68. The Hall–Kier alpha value is -1.66. The second-order valence-corrected chi connectivity index (χ2v) is 5.53. The lowest BCUT2D eigenvalue weighted by Gasteiger charge is -2.25. The molecule has 6 nitrogen and oxygen atoms in total. The van der Waals surface area contributed by atoms with Crippen molar-refractivity contribution in [3.05, 3.63) is 30.1 Å². The van der Waals surface area contributed by atoms with Crippen LogP contribution in [0.3, 0.4) is 0 Å². The van der Waals surface area contributed by atoms with Crippen molar-refractivity contribution >= 4 is 6.09 Å². The first kappa shape index (κ1) is 16.4. The first-order valence-electron chi connectivity index (χ1n) is 6.50. The van der Waals surface area contributed by atoms with E-state index in [1.807, 2.05) is 6.07 Å². The van der Waals surface area contributed by atoms with Crippen LogP contribution in [0.2, 0.25) is 0 Å². The highest BCUT2D eigenvalue weighted by Gasteiger charge is 2.24.